The van der Waals surface area contributed by atoms with E-state index in [4.69, 9.17) is 11.6 Å². The van der Waals surface area contributed by atoms with Crippen molar-refractivity contribution >= 4 is 29.2 Å². The summed E-state index contributed by atoms with van der Waals surface area (Å²) in [6.07, 6.45) is 7.16. The van der Waals surface area contributed by atoms with Crippen LogP contribution in [0.15, 0.2) is 11.2 Å². The van der Waals surface area contributed by atoms with Crippen LogP contribution in [-0.4, -0.2) is 29.3 Å². The molecule has 0 N–H and O–H groups in total. The molecule has 3 nitrogen and oxygen atoms in total. The standard InChI is InChI=1S/C13H20ClN3S/c1-3-4-10-5-7-17(8-6-10)12-9-11(14)15-13(16-12)18-2/h9-10H,3-8H2,1-2H3. The van der Waals surface area contributed by atoms with Gasteiger partial charge in [0.25, 0.3) is 0 Å². The van der Waals surface area contributed by atoms with Crippen LogP contribution in [0, 0.1) is 5.92 Å². The lowest BCUT2D eigenvalue weighted by Gasteiger charge is -2.32. The summed E-state index contributed by atoms with van der Waals surface area (Å²) in [4.78, 5) is 11.1. The molecule has 1 aromatic rings. The number of rotatable bonds is 4. The summed E-state index contributed by atoms with van der Waals surface area (Å²) < 4.78 is 0. The van der Waals surface area contributed by atoms with Crippen LogP contribution in [-0.2, 0) is 0 Å². The minimum absolute atomic E-state index is 0.542. The average Bonchev–Trinajstić information content (AvgIpc) is 2.39. The zero-order valence-corrected chi connectivity index (χ0v) is 12.6. The number of piperidine rings is 1. The van der Waals surface area contributed by atoms with E-state index >= 15 is 0 Å². The zero-order chi connectivity index (χ0) is 13.0. The van der Waals surface area contributed by atoms with Crippen molar-refractivity contribution in [2.45, 2.75) is 37.8 Å². The van der Waals surface area contributed by atoms with Crippen molar-refractivity contribution in [2.75, 3.05) is 24.2 Å². The molecule has 0 bridgehead atoms. The molecule has 0 radical (unpaired) electrons. The minimum Gasteiger partial charge on any atom is -0.356 e. The van der Waals surface area contributed by atoms with Crippen LogP contribution in [0.25, 0.3) is 0 Å². The Morgan fingerprint density at radius 1 is 1.39 bits per heavy atom. The second-order valence-electron chi connectivity index (χ2n) is 4.75. The molecule has 1 aliphatic heterocycles. The molecule has 100 valence electrons. The Labute approximate surface area is 118 Å². The van der Waals surface area contributed by atoms with Gasteiger partial charge in [0.2, 0.25) is 0 Å². The highest BCUT2D eigenvalue weighted by Crippen LogP contribution is 2.27. The van der Waals surface area contributed by atoms with Gasteiger partial charge in [-0.15, -0.1) is 0 Å². The molecular weight excluding hydrogens is 266 g/mol. The molecule has 2 heterocycles. The van der Waals surface area contributed by atoms with Gasteiger partial charge in [-0.1, -0.05) is 43.1 Å². The van der Waals surface area contributed by atoms with E-state index in [0.717, 1.165) is 30.0 Å². The molecule has 0 spiro atoms. The van der Waals surface area contributed by atoms with Crippen LogP contribution in [0.5, 0.6) is 0 Å². The molecule has 1 fully saturated rings. The maximum atomic E-state index is 6.04. The fourth-order valence-corrected chi connectivity index (χ4v) is 3.10. The van der Waals surface area contributed by atoms with Gasteiger partial charge in [0.05, 0.1) is 0 Å². The van der Waals surface area contributed by atoms with Gasteiger partial charge < -0.3 is 4.90 Å². The fraction of sp³-hybridized carbons (Fsp3) is 0.692. The second-order valence-corrected chi connectivity index (χ2v) is 5.92. The highest BCUT2D eigenvalue weighted by atomic mass is 35.5. The maximum absolute atomic E-state index is 6.04. The predicted molar refractivity (Wildman–Crippen MR) is 78.7 cm³/mol. The summed E-state index contributed by atoms with van der Waals surface area (Å²) in [6.45, 7) is 4.44. The van der Waals surface area contributed by atoms with Gasteiger partial charge in [0.1, 0.15) is 11.0 Å². The lowest BCUT2D eigenvalue weighted by molar-refractivity contribution is 0.377. The van der Waals surface area contributed by atoms with Crippen LogP contribution >= 0.6 is 23.4 Å². The van der Waals surface area contributed by atoms with Crippen molar-refractivity contribution < 1.29 is 0 Å². The molecule has 0 saturated carbocycles. The zero-order valence-electron chi connectivity index (χ0n) is 11.0. The lowest BCUT2D eigenvalue weighted by atomic mass is 9.92. The van der Waals surface area contributed by atoms with Gasteiger partial charge >= 0.3 is 0 Å². The molecule has 0 amide bonds. The summed E-state index contributed by atoms with van der Waals surface area (Å²) in [5.41, 5.74) is 0. The van der Waals surface area contributed by atoms with Crippen molar-refractivity contribution in [3.63, 3.8) is 0 Å². The molecule has 1 saturated heterocycles. The average molecular weight is 286 g/mol. The topological polar surface area (TPSA) is 29.0 Å². The third-order valence-electron chi connectivity index (χ3n) is 3.48. The Kier molecular flexibility index (Phi) is 5.13. The van der Waals surface area contributed by atoms with E-state index < -0.39 is 0 Å². The van der Waals surface area contributed by atoms with E-state index in [2.05, 4.69) is 21.8 Å². The highest BCUT2D eigenvalue weighted by Gasteiger charge is 2.20. The fourth-order valence-electron chi connectivity index (χ4n) is 2.50. The van der Waals surface area contributed by atoms with Gasteiger partial charge in [0, 0.05) is 19.2 Å². The lowest BCUT2D eigenvalue weighted by Crippen LogP contribution is -2.34. The Hall–Kier alpha value is -0.480. The number of halogens is 1. The van der Waals surface area contributed by atoms with Crippen LogP contribution in [0.2, 0.25) is 5.15 Å². The summed E-state index contributed by atoms with van der Waals surface area (Å²) >= 11 is 7.57. The SMILES string of the molecule is CCCC1CCN(c2cc(Cl)nc(SC)n2)CC1. The smallest absolute Gasteiger partial charge is 0.190 e. The van der Waals surface area contributed by atoms with Crippen LogP contribution in [0.4, 0.5) is 5.82 Å². The Morgan fingerprint density at radius 3 is 2.72 bits per heavy atom. The predicted octanol–water partition coefficient (Wildman–Crippen LogP) is 3.87. The number of thioether (sulfide) groups is 1. The third-order valence-corrected chi connectivity index (χ3v) is 4.22. The van der Waals surface area contributed by atoms with Crippen LogP contribution in [0.1, 0.15) is 32.6 Å². The van der Waals surface area contributed by atoms with Gasteiger partial charge in [-0.2, -0.15) is 0 Å². The number of nitrogens with zero attached hydrogens (tertiary/aromatic N) is 3. The monoisotopic (exact) mass is 285 g/mol. The first-order valence-corrected chi connectivity index (χ1v) is 8.16. The van der Waals surface area contributed by atoms with E-state index in [1.54, 1.807) is 0 Å². The maximum Gasteiger partial charge on any atom is 0.190 e. The first kappa shape index (κ1) is 13.9. The summed E-state index contributed by atoms with van der Waals surface area (Å²) in [7, 11) is 0. The molecule has 0 unspecified atom stereocenters. The second kappa shape index (κ2) is 6.62. The van der Waals surface area contributed by atoms with E-state index in [-0.39, 0.29) is 0 Å². The number of hydrogen-bond donors (Lipinski definition) is 0. The van der Waals surface area contributed by atoms with Gasteiger partial charge in [-0.25, -0.2) is 9.97 Å². The van der Waals surface area contributed by atoms with E-state index in [0.29, 0.717) is 5.15 Å². The van der Waals surface area contributed by atoms with Crippen molar-refractivity contribution in [3.05, 3.63) is 11.2 Å². The highest BCUT2D eigenvalue weighted by molar-refractivity contribution is 7.98. The third kappa shape index (κ3) is 3.51. The molecule has 0 atom stereocenters. The van der Waals surface area contributed by atoms with E-state index in [1.807, 2.05) is 12.3 Å². The van der Waals surface area contributed by atoms with Gasteiger partial charge in [-0.05, 0) is 25.0 Å². The first-order valence-electron chi connectivity index (χ1n) is 6.56. The van der Waals surface area contributed by atoms with Crippen molar-refractivity contribution in [1.82, 2.24) is 9.97 Å². The Bertz CT molecular complexity index is 392. The van der Waals surface area contributed by atoms with Gasteiger partial charge in [-0.3, -0.25) is 0 Å². The molecule has 1 aromatic heterocycles. The molecule has 18 heavy (non-hydrogen) atoms. The van der Waals surface area contributed by atoms with Crippen molar-refractivity contribution in [3.8, 4) is 0 Å². The largest absolute Gasteiger partial charge is 0.356 e. The van der Waals surface area contributed by atoms with Crippen LogP contribution in [0.3, 0.4) is 0 Å². The normalized spacial score (nSPS) is 17.2. The molecule has 1 aliphatic rings. The van der Waals surface area contributed by atoms with E-state index in [1.165, 1.54) is 37.4 Å². The summed E-state index contributed by atoms with van der Waals surface area (Å²) in [6, 6.07) is 1.88. The number of anilines is 1. The van der Waals surface area contributed by atoms with Gasteiger partial charge in [0.15, 0.2) is 5.16 Å². The molecule has 0 aromatic carbocycles. The number of aromatic nitrogens is 2. The molecular formula is C13H20ClN3S. The molecule has 0 aliphatic carbocycles. The van der Waals surface area contributed by atoms with E-state index in [9.17, 15) is 0 Å². The first-order chi connectivity index (χ1) is 8.72. The number of hydrogen-bond acceptors (Lipinski definition) is 4. The summed E-state index contributed by atoms with van der Waals surface area (Å²) in [5.74, 6) is 1.87. The summed E-state index contributed by atoms with van der Waals surface area (Å²) in [5, 5.41) is 1.30. The Balaban J connectivity index is 2.02. The van der Waals surface area contributed by atoms with Crippen molar-refractivity contribution in [2.24, 2.45) is 5.92 Å². The minimum atomic E-state index is 0.542. The Morgan fingerprint density at radius 2 is 2.11 bits per heavy atom. The van der Waals surface area contributed by atoms with Crippen molar-refractivity contribution in [1.29, 1.82) is 0 Å². The molecule has 5 heteroatoms. The quantitative estimate of drug-likeness (QED) is 0.477. The van der Waals surface area contributed by atoms with Crippen LogP contribution < -0.4 is 4.90 Å². The molecule has 2 rings (SSSR count).